The van der Waals surface area contributed by atoms with Crippen molar-refractivity contribution >= 4 is 40.4 Å². The van der Waals surface area contributed by atoms with Gasteiger partial charge in [-0.2, -0.15) is 0 Å². The van der Waals surface area contributed by atoms with Gasteiger partial charge in [-0.3, -0.25) is 14.5 Å². The molecule has 0 radical (unpaired) electrons. The van der Waals surface area contributed by atoms with Gasteiger partial charge in [0.2, 0.25) is 5.91 Å². The summed E-state index contributed by atoms with van der Waals surface area (Å²) in [6, 6.07) is 17.9. The van der Waals surface area contributed by atoms with E-state index in [0.717, 1.165) is 16.1 Å². The van der Waals surface area contributed by atoms with Crippen LogP contribution in [0, 0.1) is 6.92 Å². The maximum absolute atomic E-state index is 13.8. The van der Waals surface area contributed by atoms with Gasteiger partial charge in [0.1, 0.15) is 23.4 Å². The Bertz CT molecular complexity index is 1170. The lowest BCUT2D eigenvalue weighted by Crippen LogP contribution is -2.51. The first-order valence-corrected chi connectivity index (χ1v) is 12.3. The summed E-state index contributed by atoms with van der Waals surface area (Å²) in [5, 5.41) is 5.07. The largest absolute Gasteiger partial charge is 0.457 e. The molecular weight excluding hydrogens is 470 g/mol. The van der Waals surface area contributed by atoms with E-state index in [2.05, 4.69) is 11.9 Å². The van der Waals surface area contributed by atoms with Crippen LogP contribution in [0.2, 0.25) is 0 Å². The molecule has 1 fully saturated rings. The van der Waals surface area contributed by atoms with Gasteiger partial charge in [-0.25, -0.2) is 0 Å². The Hall–Kier alpha value is -3.29. The van der Waals surface area contributed by atoms with Crippen molar-refractivity contribution in [2.45, 2.75) is 13.0 Å². The number of ether oxygens (including phenoxy) is 1. The fraction of sp³-hybridized carbons (Fsp3) is 0.231. The van der Waals surface area contributed by atoms with E-state index in [9.17, 15) is 9.59 Å². The summed E-state index contributed by atoms with van der Waals surface area (Å²) < 4.78 is 5.95. The molecule has 6 nitrogen and oxygen atoms in total. The molecule has 1 atom stereocenters. The molecule has 0 spiro atoms. The Kier molecular flexibility index (Phi) is 7.55. The van der Waals surface area contributed by atoms with Gasteiger partial charge in [0.15, 0.2) is 0 Å². The zero-order chi connectivity index (χ0) is 24.1. The second kappa shape index (κ2) is 10.8. The number of para-hydroxylation sites is 1. The molecule has 0 bridgehead atoms. The lowest BCUT2D eigenvalue weighted by Gasteiger charge is -2.37. The van der Waals surface area contributed by atoms with Gasteiger partial charge in [-0.05, 0) is 54.3 Å². The van der Waals surface area contributed by atoms with E-state index in [-0.39, 0.29) is 17.7 Å². The molecule has 2 aromatic carbocycles. The van der Waals surface area contributed by atoms with Crippen LogP contribution in [-0.2, 0) is 9.59 Å². The summed E-state index contributed by atoms with van der Waals surface area (Å²) in [5.74, 6) is 0.609. The number of piperazine rings is 1. The van der Waals surface area contributed by atoms with Gasteiger partial charge < -0.3 is 15.0 Å². The minimum Gasteiger partial charge on any atom is -0.457 e. The molecule has 3 aromatic rings. The number of rotatable bonds is 7. The smallest absolute Gasteiger partial charge is 0.251 e. The number of amides is 2. The van der Waals surface area contributed by atoms with Crippen molar-refractivity contribution in [2.75, 3.05) is 30.4 Å². The molecular formula is C26H26ClN3O3S. The molecule has 0 aliphatic carbocycles. The highest BCUT2D eigenvalue weighted by Crippen LogP contribution is 2.36. The van der Waals surface area contributed by atoms with Crippen LogP contribution in [0.4, 0.5) is 5.69 Å². The van der Waals surface area contributed by atoms with Crippen molar-refractivity contribution in [1.82, 2.24) is 10.2 Å². The van der Waals surface area contributed by atoms with Crippen molar-refractivity contribution in [3.63, 3.8) is 0 Å². The average molecular weight is 496 g/mol. The Labute approximate surface area is 208 Å². The predicted octanol–water partition coefficient (Wildman–Crippen LogP) is 5.11. The summed E-state index contributed by atoms with van der Waals surface area (Å²) in [7, 11) is 0. The van der Waals surface area contributed by atoms with Gasteiger partial charge in [0.05, 0.1) is 6.54 Å². The van der Waals surface area contributed by atoms with Gasteiger partial charge in [0.25, 0.3) is 5.91 Å². The quantitative estimate of drug-likeness (QED) is 0.463. The number of thiophene rings is 1. The summed E-state index contributed by atoms with van der Waals surface area (Å²) >= 11 is 7.48. The number of aryl methyl sites for hydroxylation is 1. The highest BCUT2D eigenvalue weighted by Gasteiger charge is 2.37. The molecule has 0 unspecified atom stereocenters. The van der Waals surface area contributed by atoms with E-state index in [4.69, 9.17) is 16.3 Å². The van der Waals surface area contributed by atoms with Crippen LogP contribution >= 0.6 is 22.9 Å². The first kappa shape index (κ1) is 23.9. The van der Waals surface area contributed by atoms with Crippen molar-refractivity contribution < 1.29 is 14.3 Å². The number of nitrogens with one attached hydrogen (secondary N) is 1. The molecule has 1 aliphatic heterocycles. The lowest BCUT2D eigenvalue weighted by atomic mass is 10.1. The number of alkyl halides is 1. The second-order valence-electron chi connectivity index (χ2n) is 7.97. The third kappa shape index (κ3) is 5.26. The van der Waals surface area contributed by atoms with Crippen LogP contribution in [0.3, 0.4) is 0 Å². The van der Waals surface area contributed by atoms with Gasteiger partial charge >= 0.3 is 0 Å². The standard InChI is InChI=1S/C26H26ClN3O3S/c1-18-15-21(33-20-7-4-3-5-8-20)10-11-22(18)30(24(31)16-27)25(23-9-6-14-34-23)26(32)29-13-12-28-19(2)17-29/h3-11,14-15,25,28H,2,12-13,16-17H2,1H3/t25-/m0/s1. The number of nitrogens with zero attached hydrogens (tertiary/aromatic N) is 2. The fourth-order valence-electron chi connectivity index (χ4n) is 3.97. The Morgan fingerprint density at radius 1 is 1.18 bits per heavy atom. The maximum Gasteiger partial charge on any atom is 0.251 e. The van der Waals surface area contributed by atoms with Crippen molar-refractivity contribution in [1.29, 1.82) is 0 Å². The highest BCUT2D eigenvalue weighted by molar-refractivity contribution is 7.10. The third-order valence-corrected chi connectivity index (χ3v) is 6.70. The van der Waals surface area contributed by atoms with Gasteiger partial charge in [-0.15, -0.1) is 22.9 Å². The van der Waals surface area contributed by atoms with Crippen molar-refractivity contribution in [2.24, 2.45) is 0 Å². The Morgan fingerprint density at radius 2 is 1.97 bits per heavy atom. The topological polar surface area (TPSA) is 61.9 Å². The SMILES string of the molecule is C=C1CN(C(=O)[C@H](c2cccs2)N(C(=O)CCl)c2ccc(Oc3ccccc3)cc2C)CCN1. The predicted molar refractivity (Wildman–Crippen MR) is 137 cm³/mol. The van der Waals surface area contributed by atoms with Gasteiger partial charge in [0, 0.05) is 29.4 Å². The summed E-state index contributed by atoms with van der Waals surface area (Å²) in [5.41, 5.74) is 2.19. The normalized spacial score (nSPS) is 14.3. The fourth-order valence-corrected chi connectivity index (χ4v) is 4.90. The van der Waals surface area contributed by atoms with E-state index in [0.29, 0.717) is 36.8 Å². The van der Waals surface area contributed by atoms with Crippen molar-refractivity contribution in [3.05, 3.63) is 88.8 Å². The number of carbonyl (C=O) groups is 2. The molecule has 0 saturated carbocycles. The van der Waals surface area contributed by atoms with E-state index >= 15 is 0 Å². The van der Waals surface area contributed by atoms with Gasteiger partial charge in [-0.1, -0.05) is 30.8 Å². The molecule has 1 aliphatic rings. The number of hydrogen-bond acceptors (Lipinski definition) is 5. The van der Waals surface area contributed by atoms with E-state index in [1.165, 1.54) is 16.2 Å². The summed E-state index contributed by atoms with van der Waals surface area (Å²) in [6.07, 6.45) is 0. The molecule has 2 amide bonds. The van der Waals surface area contributed by atoms with Crippen LogP contribution in [0.25, 0.3) is 0 Å². The molecule has 4 rings (SSSR count). The molecule has 1 aromatic heterocycles. The molecule has 1 saturated heterocycles. The first-order chi connectivity index (χ1) is 16.5. The molecule has 176 valence electrons. The second-order valence-corrected chi connectivity index (χ2v) is 9.22. The Balaban J connectivity index is 1.71. The maximum atomic E-state index is 13.8. The van der Waals surface area contributed by atoms with Crippen LogP contribution in [0.1, 0.15) is 16.5 Å². The molecule has 2 heterocycles. The number of anilines is 1. The summed E-state index contributed by atoms with van der Waals surface area (Å²) in [6.45, 7) is 7.41. The zero-order valence-corrected chi connectivity index (χ0v) is 20.4. The molecule has 8 heteroatoms. The molecule has 1 N–H and O–H groups in total. The number of halogens is 1. The Morgan fingerprint density at radius 3 is 2.62 bits per heavy atom. The monoisotopic (exact) mass is 495 g/mol. The highest BCUT2D eigenvalue weighted by atomic mass is 35.5. The van der Waals surface area contributed by atoms with Crippen molar-refractivity contribution in [3.8, 4) is 11.5 Å². The minimum atomic E-state index is -0.822. The number of hydrogen-bond donors (Lipinski definition) is 1. The van der Waals surface area contributed by atoms with E-state index < -0.39 is 6.04 Å². The number of benzene rings is 2. The van der Waals surface area contributed by atoms with E-state index in [1.807, 2.05) is 66.9 Å². The molecule has 34 heavy (non-hydrogen) atoms. The van der Waals surface area contributed by atoms with E-state index in [1.54, 1.807) is 11.0 Å². The van der Waals surface area contributed by atoms with Crippen LogP contribution in [0.15, 0.2) is 78.3 Å². The minimum absolute atomic E-state index is 0.160. The average Bonchev–Trinajstić information content (AvgIpc) is 3.37. The van der Waals surface area contributed by atoms with Crippen LogP contribution < -0.4 is 15.0 Å². The lowest BCUT2D eigenvalue weighted by molar-refractivity contribution is -0.134. The number of carbonyl (C=O) groups excluding carboxylic acids is 2. The zero-order valence-electron chi connectivity index (χ0n) is 18.9. The first-order valence-electron chi connectivity index (χ1n) is 10.9. The van der Waals surface area contributed by atoms with Crippen LogP contribution in [0.5, 0.6) is 11.5 Å². The third-order valence-electron chi connectivity index (χ3n) is 5.54. The summed E-state index contributed by atoms with van der Waals surface area (Å²) in [4.78, 5) is 31.0. The van der Waals surface area contributed by atoms with Crippen LogP contribution in [-0.4, -0.2) is 42.2 Å².